The second kappa shape index (κ2) is 9.16. The van der Waals surface area contributed by atoms with Crippen LogP contribution in [0, 0.1) is 0 Å². The molecular formula is C29H29N3O6. The van der Waals surface area contributed by atoms with Gasteiger partial charge in [0.1, 0.15) is 29.0 Å². The van der Waals surface area contributed by atoms with Crippen LogP contribution in [0.5, 0.6) is 17.2 Å². The van der Waals surface area contributed by atoms with E-state index in [1.165, 1.54) is 0 Å². The molecule has 9 nitrogen and oxygen atoms in total. The number of carbonyl (C=O) groups is 2. The fraction of sp³-hybridized carbons (Fsp3) is 0.310. The van der Waals surface area contributed by atoms with Crippen LogP contribution in [0.1, 0.15) is 28.8 Å². The molecule has 1 unspecified atom stereocenters. The van der Waals surface area contributed by atoms with Crippen LogP contribution in [-0.4, -0.2) is 62.9 Å². The van der Waals surface area contributed by atoms with Crippen LogP contribution < -0.4 is 24.8 Å². The minimum absolute atomic E-state index is 0.0755. The Morgan fingerprint density at radius 2 is 1.79 bits per heavy atom. The van der Waals surface area contributed by atoms with Crippen LogP contribution in [0.4, 0.5) is 5.69 Å². The van der Waals surface area contributed by atoms with Gasteiger partial charge in [-0.2, -0.15) is 0 Å². The Hall–Kier alpha value is -4.40. The monoisotopic (exact) mass is 515 g/mol. The molecule has 1 fully saturated rings. The van der Waals surface area contributed by atoms with E-state index in [9.17, 15) is 9.59 Å². The number of amides is 2. The number of nitrogens with zero attached hydrogens (tertiary/aromatic N) is 1. The molecule has 0 bridgehead atoms. The number of rotatable bonds is 4. The van der Waals surface area contributed by atoms with E-state index in [2.05, 4.69) is 10.6 Å². The molecule has 0 saturated carbocycles. The Balaban J connectivity index is 1.19. The highest BCUT2D eigenvalue weighted by Crippen LogP contribution is 2.39. The molecule has 3 aliphatic rings. The van der Waals surface area contributed by atoms with E-state index in [-0.39, 0.29) is 11.8 Å². The van der Waals surface area contributed by atoms with E-state index >= 15 is 0 Å². The highest BCUT2D eigenvalue weighted by atomic mass is 16.5. The van der Waals surface area contributed by atoms with Crippen LogP contribution in [-0.2, 0) is 9.53 Å². The first kappa shape index (κ1) is 24.0. The molecule has 2 amide bonds. The van der Waals surface area contributed by atoms with E-state index in [4.69, 9.17) is 18.9 Å². The zero-order valence-electron chi connectivity index (χ0n) is 21.5. The highest BCUT2D eigenvalue weighted by Gasteiger charge is 2.44. The Morgan fingerprint density at radius 1 is 0.974 bits per heavy atom. The number of benzene rings is 3. The first-order valence-corrected chi connectivity index (χ1v) is 12.6. The van der Waals surface area contributed by atoms with Crippen molar-refractivity contribution in [3.05, 3.63) is 65.7 Å². The third-order valence-electron chi connectivity index (χ3n) is 7.54. The molecule has 1 saturated heterocycles. The number of methoxy groups -OCH3 is 3. The molecule has 2 N–H and O–H groups in total. The summed E-state index contributed by atoms with van der Waals surface area (Å²) in [5.41, 5.74) is 1.21. The highest BCUT2D eigenvalue weighted by molar-refractivity contribution is 6.03. The summed E-state index contributed by atoms with van der Waals surface area (Å²) in [6.45, 7) is 0.874. The number of anilines is 1. The molecule has 196 valence electrons. The molecule has 3 aromatic rings. The van der Waals surface area contributed by atoms with E-state index in [0.717, 1.165) is 27.8 Å². The second-order valence-corrected chi connectivity index (χ2v) is 9.68. The molecule has 0 aromatic heterocycles. The van der Waals surface area contributed by atoms with Crippen LogP contribution >= 0.6 is 0 Å². The Labute approximate surface area is 220 Å². The van der Waals surface area contributed by atoms with Gasteiger partial charge in [0.15, 0.2) is 5.72 Å². The van der Waals surface area contributed by atoms with Crippen molar-refractivity contribution >= 4 is 34.0 Å². The summed E-state index contributed by atoms with van der Waals surface area (Å²) in [6, 6.07) is 14.5. The summed E-state index contributed by atoms with van der Waals surface area (Å²) >= 11 is 0. The van der Waals surface area contributed by atoms with Gasteiger partial charge in [-0.1, -0.05) is 12.1 Å². The van der Waals surface area contributed by atoms with Gasteiger partial charge in [-0.05, 0) is 53.2 Å². The summed E-state index contributed by atoms with van der Waals surface area (Å²) in [7, 11) is 4.80. The summed E-state index contributed by atoms with van der Waals surface area (Å²) in [4.78, 5) is 28.5. The Kier molecular flexibility index (Phi) is 5.78. The maximum Gasteiger partial charge on any atom is 0.258 e. The van der Waals surface area contributed by atoms with Crippen molar-refractivity contribution in [2.75, 3.05) is 39.7 Å². The average molecular weight is 516 g/mol. The van der Waals surface area contributed by atoms with Gasteiger partial charge in [-0.3, -0.25) is 9.59 Å². The molecular weight excluding hydrogens is 486 g/mol. The first-order valence-electron chi connectivity index (χ1n) is 12.6. The van der Waals surface area contributed by atoms with Gasteiger partial charge in [0.25, 0.3) is 5.91 Å². The number of nitrogens with one attached hydrogen (secondary N) is 2. The maximum absolute atomic E-state index is 13.5. The molecule has 1 atom stereocenters. The van der Waals surface area contributed by atoms with Crippen molar-refractivity contribution in [1.29, 1.82) is 0 Å². The van der Waals surface area contributed by atoms with Gasteiger partial charge in [0.2, 0.25) is 5.91 Å². The van der Waals surface area contributed by atoms with E-state index in [1.54, 1.807) is 32.3 Å². The van der Waals surface area contributed by atoms with Crippen LogP contribution in [0.15, 0.2) is 54.6 Å². The van der Waals surface area contributed by atoms with Crippen LogP contribution in [0.3, 0.4) is 0 Å². The smallest absolute Gasteiger partial charge is 0.258 e. The molecule has 3 aromatic carbocycles. The van der Waals surface area contributed by atoms with Crippen LogP contribution in [0.2, 0.25) is 0 Å². The van der Waals surface area contributed by atoms with Gasteiger partial charge in [-0.15, -0.1) is 0 Å². The van der Waals surface area contributed by atoms with E-state index in [0.29, 0.717) is 48.8 Å². The fourth-order valence-corrected chi connectivity index (χ4v) is 5.47. The standard InChI is InChI=1S/C29H29N3O6/c1-35-19-8-7-17-15-25-21(14-18(17)13-19)27(33)31-29(38-25)9-11-32(12-10-29)28(34)22-16-24(37-3)20-5-4-6-23(36-2)26(20)30-22/h4-8,13-16,22,30H,9-12H2,1-3H3,(H,31,33). The number of piperidine rings is 1. The lowest BCUT2D eigenvalue weighted by molar-refractivity contribution is -0.135. The zero-order valence-corrected chi connectivity index (χ0v) is 21.5. The number of fused-ring (bicyclic) bond motifs is 3. The maximum atomic E-state index is 13.5. The van der Waals surface area contributed by atoms with Crippen molar-refractivity contribution in [3.63, 3.8) is 0 Å². The summed E-state index contributed by atoms with van der Waals surface area (Å²) < 4.78 is 22.8. The first-order chi connectivity index (χ1) is 18.4. The lowest BCUT2D eigenvalue weighted by Gasteiger charge is -2.45. The van der Waals surface area contributed by atoms with E-state index < -0.39 is 11.8 Å². The zero-order chi connectivity index (χ0) is 26.4. The molecule has 9 heteroatoms. The number of para-hydroxylation sites is 1. The van der Waals surface area contributed by atoms with Gasteiger partial charge in [-0.25, -0.2) is 0 Å². The van der Waals surface area contributed by atoms with Crippen molar-refractivity contribution in [2.45, 2.75) is 24.6 Å². The lowest BCUT2D eigenvalue weighted by atomic mass is 9.95. The number of likely N-dealkylation sites (tertiary alicyclic amines) is 1. The third kappa shape index (κ3) is 3.95. The van der Waals surface area contributed by atoms with Gasteiger partial charge >= 0.3 is 0 Å². The quantitative estimate of drug-likeness (QED) is 0.546. The normalized spacial score (nSPS) is 19.3. The van der Waals surface area contributed by atoms with Gasteiger partial charge < -0.3 is 34.5 Å². The summed E-state index contributed by atoms with van der Waals surface area (Å²) in [5.74, 6) is 2.29. The minimum atomic E-state index is -0.857. The lowest BCUT2D eigenvalue weighted by Crippen LogP contribution is -2.62. The molecule has 3 heterocycles. The predicted octanol–water partition coefficient (Wildman–Crippen LogP) is 3.78. The molecule has 0 aliphatic carbocycles. The average Bonchev–Trinajstić information content (AvgIpc) is 2.95. The van der Waals surface area contributed by atoms with Crippen LogP contribution in [0.25, 0.3) is 16.5 Å². The largest absolute Gasteiger partial charge is 0.497 e. The SMILES string of the molecule is COC1=CC(C(=O)N2CCC3(CC2)NC(=O)c2cc4cc(OC)ccc4cc2O3)Nc2c(OC)cccc21. The molecule has 0 radical (unpaired) electrons. The van der Waals surface area contributed by atoms with Gasteiger partial charge in [0.05, 0.1) is 32.6 Å². The van der Waals surface area contributed by atoms with Crippen molar-refractivity contribution in [3.8, 4) is 17.2 Å². The number of carbonyl (C=O) groups excluding carboxylic acids is 2. The van der Waals surface area contributed by atoms with Gasteiger partial charge in [0, 0.05) is 31.5 Å². The van der Waals surface area contributed by atoms with E-state index in [1.807, 2.05) is 48.5 Å². The summed E-state index contributed by atoms with van der Waals surface area (Å²) in [5, 5.41) is 8.24. The minimum Gasteiger partial charge on any atom is -0.497 e. The number of hydrogen-bond donors (Lipinski definition) is 2. The second-order valence-electron chi connectivity index (χ2n) is 9.68. The van der Waals surface area contributed by atoms with Crippen molar-refractivity contribution < 1.29 is 28.5 Å². The molecule has 1 spiro atoms. The Morgan fingerprint density at radius 3 is 2.53 bits per heavy atom. The fourth-order valence-electron chi connectivity index (χ4n) is 5.47. The number of ether oxygens (including phenoxy) is 4. The number of hydrogen-bond acceptors (Lipinski definition) is 7. The van der Waals surface area contributed by atoms with Crippen molar-refractivity contribution in [2.24, 2.45) is 0 Å². The molecule has 6 rings (SSSR count). The molecule has 38 heavy (non-hydrogen) atoms. The summed E-state index contributed by atoms with van der Waals surface area (Å²) in [6.07, 6.45) is 2.74. The molecule has 3 aliphatic heterocycles. The topological polar surface area (TPSA) is 98.4 Å². The Bertz CT molecular complexity index is 1470. The van der Waals surface area contributed by atoms with Crippen molar-refractivity contribution in [1.82, 2.24) is 10.2 Å². The third-order valence-corrected chi connectivity index (χ3v) is 7.54. The predicted molar refractivity (Wildman–Crippen MR) is 143 cm³/mol.